The topological polar surface area (TPSA) is 64.3 Å². The molecule has 3 N–H and O–H groups in total. The molecule has 0 unspecified atom stereocenters. The van der Waals surface area contributed by atoms with Crippen LogP contribution < -0.4 is 15.8 Å². The number of nitrogens with two attached hydrogens (primary N) is 1. The van der Waals surface area contributed by atoms with Crippen LogP contribution in [0.1, 0.15) is 32.4 Å². The first kappa shape index (κ1) is 13.5. The summed E-state index contributed by atoms with van der Waals surface area (Å²) in [6.45, 7) is 5.76. The van der Waals surface area contributed by atoms with Gasteiger partial charge in [-0.05, 0) is 38.5 Å². The number of nitrogens with one attached hydrogen (secondary N) is 1. The number of amides is 1. The van der Waals surface area contributed by atoms with Crippen LogP contribution in [-0.2, 0) is 4.79 Å². The highest BCUT2D eigenvalue weighted by Gasteiger charge is 2.05. The Morgan fingerprint density at radius 3 is 2.71 bits per heavy atom. The van der Waals surface area contributed by atoms with Crippen molar-refractivity contribution in [1.29, 1.82) is 0 Å². The van der Waals surface area contributed by atoms with E-state index in [0.29, 0.717) is 5.75 Å². The van der Waals surface area contributed by atoms with Crippen LogP contribution in [-0.4, -0.2) is 18.6 Å². The maximum atomic E-state index is 11.4. The van der Waals surface area contributed by atoms with Crippen molar-refractivity contribution in [1.82, 2.24) is 5.32 Å². The molecule has 0 aliphatic rings. The third-order valence-corrected chi connectivity index (χ3v) is 2.20. The molecule has 0 aliphatic heterocycles. The van der Waals surface area contributed by atoms with Gasteiger partial charge in [-0.15, -0.1) is 0 Å². The fourth-order valence-corrected chi connectivity index (χ4v) is 1.40. The number of hydrogen-bond acceptors (Lipinski definition) is 3. The molecule has 0 spiro atoms. The van der Waals surface area contributed by atoms with Crippen molar-refractivity contribution in [2.45, 2.75) is 32.9 Å². The van der Waals surface area contributed by atoms with E-state index in [1.54, 1.807) is 0 Å². The molecule has 94 valence electrons. The van der Waals surface area contributed by atoms with E-state index in [9.17, 15) is 4.79 Å². The lowest BCUT2D eigenvalue weighted by Crippen LogP contribution is -2.34. The Hall–Kier alpha value is -1.55. The molecule has 0 radical (unpaired) electrons. The van der Waals surface area contributed by atoms with Crippen LogP contribution in [0, 0.1) is 0 Å². The highest BCUT2D eigenvalue weighted by molar-refractivity contribution is 5.77. The van der Waals surface area contributed by atoms with Crippen molar-refractivity contribution in [2.24, 2.45) is 5.73 Å². The first-order valence-corrected chi connectivity index (χ1v) is 5.76. The summed E-state index contributed by atoms with van der Waals surface area (Å²) in [6.07, 6.45) is 0. The zero-order valence-corrected chi connectivity index (χ0v) is 10.6. The van der Waals surface area contributed by atoms with Gasteiger partial charge in [-0.1, -0.05) is 12.1 Å². The fraction of sp³-hybridized carbons (Fsp3) is 0.462. The van der Waals surface area contributed by atoms with E-state index in [4.69, 9.17) is 10.5 Å². The zero-order chi connectivity index (χ0) is 12.8. The lowest BCUT2D eigenvalue weighted by atomic mass is 10.1. The van der Waals surface area contributed by atoms with Crippen LogP contribution in [0.2, 0.25) is 0 Å². The number of rotatable bonds is 5. The van der Waals surface area contributed by atoms with Crippen LogP contribution in [0.5, 0.6) is 5.75 Å². The molecule has 1 atom stereocenters. The van der Waals surface area contributed by atoms with Crippen molar-refractivity contribution in [3.05, 3.63) is 29.8 Å². The fourth-order valence-electron chi connectivity index (χ4n) is 1.40. The molecule has 0 saturated carbocycles. The van der Waals surface area contributed by atoms with E-state index in [1.165, 1.54) is 0 Å². The zero-order valence-electron chi connectivity index (χ0n) is 10.6. The molecule has 1 aromatic rings. The minimum atomic E-state index is -0.119. The highest BCUT2D eigenvalue weighted by Crippen LogP contribution is 2.17. The van der Waals surface area contributed by atoms with E-state index in [1.807, 2.05) is 45.0 Å². The van der Waals surface area contributed by atoms with E-state index >= 15 is 0 Å². The van der Waals surface area contributed by atoms with Gasteiger partial charge in [-0.25, -0.2) is 0 Å². The monoisotopic (exact) mass is 236 g/mol. The molecular weight excluding hydrogens is 216 g/mol. The third kappa shape index (κ3) is 4.87. The second-order valence-electron chi connectivity index (χ2n) is 4.37. The maximum Gasteiger partial charge on any atom is 0.258 e. The average molecular weight is 236 g/mol. The Morgan fingerprint density at radius 1 is 1.41 bits per heavy atom. The first-order valence-electron chi connectivity index (χ1n) is 5.76. The lowest BCUT2D eigenvalue weighted by molar-refractivity contribution is -0.123. The van der Waals surface area contributed by atoms with Crippen molar-refractivity contribution in [3.63, 3.8) is 0 Å². The van der Waals surface area contributed by atoms with E-state index in [-0.39, 0.29) is 24.6 Å². The van der Waals surface area contributed by atoms with Crippen molar-refractivity contribution in [3.8, 4) is 5.75 Å². The molecule has 17 heavy (non-hydrogen) atoms. The molecule has 1 amide bonds. The average Bonchev–Trinajstić information content (AvgIpc) is 2.26. The van der Waals surface area contributed by atoms with E-state index < -0.39 is 0 Å². The maximum absolute atomic E-state index is 11.4. The summed E-state index contributed by atoms with van der Waals surface area (Å²) in [7, 11) is 0. The van der Waals surface area contributed by atoms with Crippen LogP contribution >= 0.6 is 0 Å². The molecule has 0 aromatic heterocycles. The quantitative estimate of drug-likeness (QED) is 0.816. The van der Waals surface area contributed by atoms with Crippen molar-refractivity contribution < 1.29 is 9.53 Å². The molecule has 1 aromatic carbocycles. The van der Waals surface area contributed by atoms with Crippen LogP contribution in [0.25, 0.3) is 0 Å². The molecule has 0 heterocycles. The summed E-state index contributed by atoms with van der Waals surface area (Å²) < 4.78 is 5.39. The van der Waals surface area contributed by atoms with Crippen LogP contribution in [0.4, 0.5) is 0 Å². The minimum absolute atomic E-state index is 0.0284. The Bertz CT molecular complexity index is 375. The summed E-state index contributed by atoms with van der Waals surface area (Å²) in [5, 5.41) is 2.76. The molecule has 0 fully saturated rings. The summed E-state index contributed by atoms with van der Waals surface area (Å²) in [4.78, 5) is 11.4. The Morgan fingerprint density at radius 2 is 2.12 bits per heavy atom. The second-order valence-corrected chi connectivity index (χ2v) is 4.37. The standard InChI is InChI=1S/C13H20N2O2/c1-9(2)15-13(16)8-17-12-6-4-5-11(7-12)10(3)14/h4-7,9-10H,8,14H2,1-3H3,(H,15,16)/t10-/m1/s1. The van der Waals surface area contributed by atoms with E-state index in [0.717, 1.165) is 5.56 Å². The first-order chi connectivity index (χ1) is 7.99. The van der Waals surface area contributed by atoms with Gasteiger partial charge in [-0.3, -0.25) is 4.79 Å². The normalized spacial score (nSPS) is 12.3. The Kier molecular flexibility index (Phi) is 4.97. The summed E-state index contributed by atoms with van der Waals surface area (Å²) >= 11 is 0. The summed E-state index contributed by atoms with van der Waals surface area (Å²) in [5.74, 6) is 0.546. The van der Waals surface area contributed by atoms with Gasteiger partial charge in [0.05, 0.1) is 0 Å². The predicted molar refractivity (Wildman–Crippen MR) is 67.8 cm³/mol. The second kappa shape index (κ2) is 6.25. The van der Waals surface area contributed by atoms with Crippen LogP contribution in [0.15, 0.2) is 24.3 Å². The smallest absolute Gasteiger partial charge is 0.258 e. The molecule has 0 bridgehead atoms. The molecule has 4 heteroatoms. The minimum Gasteiger partial charge on any atom is -0.484 e. The summed E-state index contributed by atoms with van der Waals surface area (Å²) in [5.41, 5.74) is 6.76. The predicted octanol–water partition coefficient (Wildman–Crippen LogP) is 1.61. The molecule has 0 aliphatic carbocycles. The number of carbonyl (C=O) groups excluding carboxylic acids is 1. The lowest BCUT2D eigenvalue weighted by Gasteiger charge is -2.11. The van der Waals surface area contributed by atoms with Crippen LogP contribution in [0.3, 0.4) is 0 Å². The van der Waals surface area contributed by atoms with Gasteiger partial charge in [0.15, 0.2) is 6.61 Å². The number of carbonyl (C=O) groups is 1. The van der Waals surface area contributed by atoms with E-state index in [2.05, 4.69) is 5.32 Å². The third-order valence-electron chi connectivity index (χ3n) is 2.20. The van der Waals surface area contributed by atoms with Gasteiger partial charge in [0.2, 0.25) is 0 Å². The molecule has 1 rings (SSSR count). The molecular formula is C13H20N2O2. The van der Waals surface area contributed by atoms with Crippen molar-refractivity contribution in [2.75, 3.05) is 6.61 Å². The van der Waals surface area contributed by atoms with Gasteiger partial charge in [0.1, 0.15) is 5.75 Å². The van der Waals surface area contributed by atoms with Gasteiger partial charge >= 0.3 is 0 Å². The molecule has 0 saturated heterocycles. The van der Waals surface area contributed by atoms with Gasteiger partial charge in [-0.2, -0.15) is 0 Å². The number of ether oxygens (including phenoxy) is 1. The van der Waals surface area contributed by atoms with Gasteiger partial charge in [0.25, 0.3) is 5.91 Å². The number of hydrogen-bond donors (Lipinski definition) is 2. The molecule has 4 nitrogen and oxygen atoms in total. The Labute approximate surface area is 102 Å². The summed E-state index contributed by atoms with van der Waals surface area (Å²) in [6, 6.07) is 7.56. The van der Waals surface area contributed by atoms with Crippen molar-refractivity contribution >= 4 is 5.91 Å². The Balaban J connectivity index is 2.52. The number of benzene rings is 1. The largest absolute Gasteiger partial charge is 0.484 e. The highest BCUT2D eigenvalue weighted by atomic mass is 16.5. The SMILES string of the molecule is CC(C)NC(=O)COc1cccc([C@@H](C)N)c1. The van der Waals surface area contributed by atoms with Gasteiger partial charge in [0, 0.05) is 12.1 Å². The van der Waals surface area contributed by atoms with Gasteiger partial charge < -0.3 is 15.8 Å².